The Bertz CT molecular complexity index is 1180. The number of allylic oxidation sites excluding steroid dienone is 1. The summed E-state index contributed by atoms with van der Waals surface area (Å²) in [6.45, 7) is 2.53. The molecular weight excluding hydrogens is 466 g/mol. The van der Waals surface area contributed by atoms with Crippen molar-refractivity contribution in [1.29, 1.82) is 0 Å². The molecule has 1 aliphatic carbocycles. The zero-order valence-electron chi connectivity index (χ0n) is 19.2. The van der Waals surface area contributed by atoms with E-state index >= 15 is 0 Å². The molecule has 0 spiro atoms. The zero-order valence-corrected chi connectivity index (χ0v) is 19.2. The van der Waals surface area contributed by atoms with Gasteiger partial charge in [0.25, 0.3) is 0 Å². The van der Waals surface area contributed by atoms with E-state index in [2.05, 4.69) is 10.3 Å². The van der Waals surface area contributed by atoms with E-state index in [9.17, 15) is 27.2 Å². The van der Waals surface area contributed by atoms with Gasteiger partial charge in [0.05, 0.1) is 23.7 Å². The maximum atomic E-state index is 14.6. The number of hydrogen-bond acceptors (Lipinski definition) is 5. The molecule has 6 nitrogen and oxygen atoms in total. The summed E-state index contributed by atoms with van der Waals surface area (Å²) >= 11 is 0. The van der Waals surface area contributed by atoms with Crippen molar-refractivity contribution in [3.8, 4) is 0 Å². The van der Waals surface area contributed by atoms with Crippen molar-refractivity contribution in [3.05, 3.63) is 70.7 Å². The van der Waals surface area contributed by atoms with Crippen LogP contribution in [0.4, 0.5) is 23.2 Å². The molecule has 3 N–H and O–H groups in total. The highest BCUT2D eigenvalue weighted by atomic mass is 19.4. The molecule has 0 heterocycles. The molecule has 0 unspecified atom stereocenters. The van der Waals surface area contributed by atoms with E-state index in [1.54, 1.807) is 6.07 Å². The zero-order chi connectivity index (χ0) is 25.8. The number of benzene rings is 2. The van der Waals surface area contributed by atoms with Crippen molar-refractivity contribution in [1.82, 2.24) is 0 Å². The Balaban J connectivity index is 1.90. The first-order chi connectivity index (χ1) is 16.6. The first-order valence-corrected chi connectivity index (χ1v) is 10.9. The molecule has 10 heteroatoms. The minimum absolute atomic E-state index is 0.103. The topological polar surface area (TPSA) is 93.8 Å². The fraction of sp³-hybridized carbons (Fsp3) is 0.320. The molecule has 1 fully saturated rings. The Kier molecular flexibility index (Phi) is 7.62. The number of halogens is 4. The van der Waals surface area contributed by atoms with Gasteiger partial charge >= 0.3 is 12.1 Å². The Morgan fingerprint density at radius 3 is 2.43 bits per heavy atom. The van der Waals surface area contributed by atoms with Crippen LogP contribution in [0, 0.1) is 5.82 Å². The Morgan fingerprint density at radius 1 is 1.17 bits per heavy atom. The summed E-state index contributed by atoms with van der Waals surface area (Å²) in [7, 11) is 1.21. The smallest absolute Gasteiger partial charge is 0.416 e. The lowest BCUT2D eigenvalue weighted by molar-refractivity contribution is -0.137. The van der Waals surface area contributed by atoms with E-state index in [1.807, 2.05) is 6.92 Å². The van der Waals surface area contributed by atoms with Crippen LogP contribution in [-0.4, -0.2) is 31.7 Å². The minimum Gasteiger partial charge on any atom is -0.465 e. The number of esters is 1. The van der Waals surface area contributed by atoms with E-state index < -0.39 is 34.8 Å². The number of alkyl halides is 3. The summed E-state index contributed by atoms with van der Waals surface area (Å²) in [6.07, 6.45) is -0.483. The van der Waals surface area contributed by atoms with E-state index in [0.717, 1.165) is 18.6 Å². The number of nitrogens with two attached hydrogens (primary N) is 1. The third-order valence-electron chi connectivity index (χ3n) is 5.75. The number of rotatable bonds is 8. The van der Waals surface area contributed by atoms with Gasteiger partial charge in [-0.15, -0.1) is 0 Å². The van der Waals surface area contributed by atoms with Gasteiger partial charge in [0.15, 0.2) is 0 Å². The predicted molar refractivity (Wildman–Crippen MR) is 125 cm³/mol. The number of methoxy groups -OCH3 is 1. The third kappa shape index (κ3) is 5.52. The SMILES string of the molecule is CCCN=CC(=CN)c1ccc(NC(=O)C2(c3ccc(C(F)(F)F)cc3F)CC2)cc1C(=O)OC. The van der Waals surface area contributed by atoms with E-state index in [1.165, 1.54) is 31.7 Å². The van der Waals surface area contributed by atoms with Crippen molar-refractivity contribution in [2.75, 3.05) is 19.0 Å². The Morgan fingerprint density at radius 2 is 1.89 bits per heavy atom. The molecular formula is C25H25F4N3O3. The van der Waals surface area contributed by atoms with Crippen LogP contribution < -0.4 is 11.1 Å². The average molecular weight is 491 g/mol. The van der Waals surface area contributed by atoms with E-state index in [0.29, 0.717) is 23.7 Å². The second kappa shape index (κ2) is 10.3. The second-order valence-corrected chi connectivity index (χ2v) is 8.14. The van der Waals surface area contributed by atoms with Gasteiger partial charge in [0, 0.05) is 35.8 Å². The fourth-order valence-corrected chi connectivity index (χ4v) is 3.72. The van der Waals surface area contributed by atoms with Crippen LogP contribution in [0.2, 0.25) is 0 Å². The van der Waals surface area contributed by atoms with Crippen LogP contribution in [0.15, 0.2) is 47.6 Å². The number of anilines is 1. The fourth-order valence-electron chi connectivity index (χ4n) is 3.72. The summed E-state index contributed by atoms with van der Waals surface area (Å²) in [4.78, 5) is 29.7. The average Bonchev–Trinajstić information content (AvgIpc) is 3.63. The first-order valence-electron chi connectivity index (χ1n) is 10.9. The minimum atomic E-state index is -4.69. The van der Waals surface area contributed by atoms with Gasteiger partial charge in [-0.2, -0.15) is 13.2 Å². The molecule has 35 heavy (non-hydrogen) atoms. The molecule has 1 saturated carbocycles. The quantitative estimate of drug-likeness (QED) is 0.306. The second-order valence-electron chi connectivity index (χ2n) is 8.14. The first kappa shape index (κ1) is 25.9. The van der Waals surface area contributed by atoms with Crippen molar-refractivity contribution < 1.29 is 31.9 Å². The molecule has 2 aromatic carbocycles. The van der Waals surface area contributed by atoms with Crippen LogP contribution in [0.1, 0.15) is 53.2 Å². The predicted octanol–water partition coefficient (Wildman–Crippen LogP) is 5.08. The number of ether oxygens (including phenoxy) is 1. The summed E-state index contributed by atoms with van der Waals surface area (Å²) in [5.74, 6) is -2.35. The number of carbonyl (C=O) groups is 2. The summed E-state index contributed by atoms with van der Waals surface area (Å²) < 4.78 is 58.1. The molecule has 3 rings (SSSR count). The van der Waals surface area contributed by atoms with E-state index in [4.69, 9.17) is 10.5 Å². The third-order valence-corrected chi connectivity index (χ3v) is 5.75. The largest absolute Gasteiger partial charge is 0.465 e. The monoisotopic (exact) mass is 491 g/mol. The lowest BCUT2D eigenvalue weighted by Crippen LogP contribution is -2.29. The molecule has 0 radical (unpaired) electrons. The summed E-state index contributed by atoms with van der Waals surface area (Å²) in [6, 6.07) is 6.66. The van der Waals surface area contributed by atoms with Crippen molar-refractivity contribution in [2.24, 2.45) is 10.7 Å². The van der Waals surface area contributed by atoms with Gasteiger partial charge in [-0.05, 0) is 49.1 Å². The van der Waals surface area contributed by atoms with Gasteiger partial charge in [0.1, 0.15) is 5.82 Å². The maximum Gasteiger partial charge on any atom is 0.416 e. The van der Waals surface area contributed by atoms with Crippen molar-refractivity contribution in [2.45, 2.75) is 37.8 Å². The van der Waals surface area contributed by atoms with Crippen LogP contribution in [0.25, 0.3) is 5.57 Å². The molecule has 1 amide bonds. The molecule has 0 aliphatic heterocycles. The van der Waals surface area contributed by atoms with Gasteiger partial charge in [-0.1, -0.05) is 19.1 Å². The van der Waals surface area contributed by atoms with Gasteiger partial charge < -0.3 is 15.8 Å². The molecule has 186 valence electrons. The lowest BCUT2D eigenvalue weighted by Gasteiger charge is -2.18. The molecule has 2 aromatic rings. The number of aliphatic imine (C=N–C) groups is 1. The van der Waals surface area contributed by atoms with Crippen molar-refractivity contribution in [3.63, 3.8) is 0 Å². The molecule has 1 aliphatic rings. The summed E-state index contributed by atoms with van der Waals surface area (Å²) in [5, 5.41) is 2.65. The number of amides is 1. The van der Waals surface area contributed by atoms with Crippen molar-refractivity contribution >= 4 is 29.4 Å². The number of nitrogens with one attached hydrogen (secondary N) is 1. The van der Waals surface area contributed by atoms with Crippen LogP contribution in [-0.2, 0) is 21.1 Å². The highest BCUT2D eigenvalue weighted by Crippen LogP contribution is 2.50. The standard InChI is InChI=1S/C25H25F4N3O3/c1-3-10-31-14-15(13-30)18-6-5-17(12-19(18)22(33)35-2)32-23(34)24(8-9-24)20-7-4-16(11-21(20)26)25(27,28)29/h4-7,11-14H,3,8-10,30H2,1-2H3,(H,32,34). The molecule has 0 aromatic heterocycles. The number of carbonyl (C=O) groups excluding carboxylic acids is 2. The van der Waals surface area contributed by atoms with Gasteiger partial charge in [-0.25, -0.2) is 9.18 Å². The number of nitrogens with zero attached hydrogens (tertiary/aromatic N) is 1. The molecule has 0 atom stereocenters. The van der Waals surface area contributed by atoms with Crippen LogP contribution in [0.5, 0.6) is 0 Å². The molecule has 0 saturated heterocycles. The normalized spacial score (nSPS) is 15.2. The lowest BCUT2D eigenvalue weighted by atomic mass is 9.93. The number of hydrogen-bond donors (Lipinski definition) is 2. The summed E-state index contributed by atoms with van der Waals surface area (Å²) in [5.41, 5.74) is 4.47. The van der Waals surface area contributed by atoms with Gasteiger partial charge in [-0.3, -0.25) is 9.79 Å². The highest BCUT2D eigenvalue weighted by Gasteiger charge is 2.53. The Labute approximate surface area is 199 Å². The van der Waals surface area contributed by atoms with E-state index in [-0.39, 0.29) is 29.7 Å². The van der Waals surface area contributed by atoms with Crippen LogP contribution >= 0.6 is 0 Å². The van der Waals surface area contributed by atoms with Gasteiger partial charge in [0.2, 0.25) is 5.91 Å². The van der Waals surface area contributed by atoms with Crippen LogP contribution in [0.3, 0.4) is 0 Å². The Hall–Kier alpha value is -3.69. The highest BCUT2D eigenvalue weighted by molar-refractivity contribution is 6.14. The maximum absolute atomic E-state index is 14.6. The molecule has 0 bridgehead atoms.